The molecule has 0 amide bonds. The van der Waals surface area contributed by atoms with Gasteiger partial charge in [0, 0.05) is 6.42 Å². The van der Waals surface area contributed by atoms with Gasteiger partial charge in [-0.1, -0.05) is 25.7 Å². The lowest BCUT2D eigenvalue weighted by Gasteiger charge is -2.00. The summed E-state index contributed by atoms with van der Waals surface area (Å²) in [6, 6.07) is 0. The van der Waals surface area contributed by atoms with Gasteiger partial charge in [0.2, 0.25) is 0 Å². The van der Waals surface area contributed by atoms with Crippen molar-refractivity contribution in [2.45, 2.75) is 51.4 Å². The van der Waals surface area contributed by atoms with E-state index >= 15 is 0 Å². The van der Waals surface area contributed by atoms with Crippen molar-refractivity contribution in [3.05, 3.63) is 5.57 Å². The van der Waals surface area contributed by atoms with Crippen LogP contribution in [0.1, 0.15) is 51.4 Å². The summed E-state index contributed by atoms with van der Waals surface area (Å²) in [6.07, 6.45) is 5.42. The topological polar surface area (TPSA) is 91.7 Å². The summed E-state index contributed by atoms with van der Waals surface area (Å²) in [7, 11) is 0. The SMILES string of the molecule is O=C=C(CCCCCCCCC(=O)O)C(=O)O. The molecule has 5 nitrogen and oxygen atoms in total. The predicted molar refractivity (Wildman–Crippen MR) is 61.4 cm³/mol. The van der Waals surface area contributed by atoms with Crippen molar-refractivity contribution in [1.82, 2.24) is 0 Å². The summed E-state index contributed by atoms with van der Waals surface area (Å²) in [5.41, 5.74) is -0.198. The number of carboxylic acids is 2. The molecule has 0 aromatic heterocycles. The van der Waals surface area contributed by atoms with Gasteiger partial charge in [-0.25, -0.2) is 9.59 Å². The Hall–Kier alpha value is -1.61. The predicted octanol–water partition coefficient (Wildman–Crippen LogP) is 2.03. The molecule has 96 valence electrons. The van der Waals surface area contributed by atoms with Gasteiger partial charge in [-0.3, -0.25) is 4.79 Å². The van der Waals surface area contributed by atoms with E-state index in [1.807, 2.05) is 0 Å². The third-order valence-corrected chi connectivity index (χ3v) is 2.45. The van der Waals surface area contributed by atoms with Crippen LogP contribution in [0, 0.1) is 0 Å². The highest BCUT2D eigenvalue weighted by Crippen LogP contribution is 2.11. The Morgan fingerprint density at radius 2 is 1.29 bits per heavy atom. The maximum absolute atomic E-state index is 10.4. The lowest BCUT2D eigenvalue weighted by Crippen LogP contribution is -2.01. The smallest absolute Gasteiger partial charge is 0.342 e. The van der Waals surface area contributed by atoms with Gasteiger partial charge in [0.15, 0.2) is 0 Å². The first-order valence-corrected chi connectivity index (χ1v) is 5.77. The second-order valence-corrected chi connectivity index (χ2v) is 3.90. The summed E-state index contributed by atoms with van der Waals surface area (Å²) in [6.45, 7) is 0. The van der Waals surface area contributed by atoms with Crippen LogP contribution in [0.25, 0.3) is 0 Å². The Morgan fingerprint density at radius 3 is 1.71 bits per heavy atom. The maximum atomic E-state index is 10.4. The molecule has 0 aliphatic heterocycles. The van der Waals surface area contributed by atoms with Crippen LogP contribution in [-0.4, -0.2) is 28.1 Å². The van der Waals surface area contributed by atoms with E-state index in [-0.39, 0.29) is 18.4 Å². The van der Waals surface area contributed by atoms with E-state index in [0.717, 1.165) is 25.7 Å². The fourth-order valence-electron chi connectivity index (χ4n) is 1.49. The van der Waals surface area contributed by atoms with Gasteiger partial charge >= 0.3 is 11.9 Å². The first kappa shape index (κ1) is 15.4. The summed E-state index contributed by atoms with van der Waals surface area (Å²) in [5.74, 6) is -0.537. The van der Waals surface area contributed by atoms with Crippen LogP contribution in [0.2, 0.25) is 0 Å². The molecule has 17 heavy (non-hydrogen) atoms. The Morgan fingerprint density at radius 1 is 0.824 bits per heavy atom. The van der Waals surface area contributed by atoms with Crippen LogP contribution in [0.15, 0.2) is 5.57 Å². The van der Waals surface area contributed by atoms with Crippen molar-refractivity contribution in [1.29, 1.82) is 0 Å². The molecule has 0 heterocycles. The minimum absolute atomic E-state index is 0.198. The molecule has 0 unspecified atom stereocenters. The Bertz CT molecular complexity index is 302. The van der Waals surface area contributed by atoms with Gasteiger partial charge in [0.05, 0.1) is 0 Å². The van der Waals surface area contributed by atoms with E-state index in [4.69, 9.17) is 10.2 Å². The second kappa shape index (κ2) is 9.60. The van der Waals surface area contributed by atoms with Crippen molar-refractivity contribution >= 4 is 17.9 Å². The molecule has 2 N–H and O–H groups in total. The van der Waals surface area contributed by atoms with Crippen LogP contribution < -0.4 is 0 Å². The number of hydrogen-bond acceptors (Lipinski definition) is 3. The van der Waals surface area contributed by atoms with Crippen molar-refractivity contribution in [3.8, 4) is 0 Å². The molecule has 0 aliphatic rings. The van der Waals surface area contributed by atoms with Gasteiger partial charge in [0.1, 0.15) is 11.5 Å². The van der Waals surface area contributed by atoms with Gasteiger partial charge in [0.25, 0.3) is 0 Å². The Kier molecular flexibility index (Phi) is 8.69. The van der Waals surface area contributed by atoms with Crippen LogP contribution in [0.4, 0.5) is 0 Å². The molecule has 0 aromatic rings. The average Bonchev–Trinajstić information content (AvgIpc) is 2.26. The highest BCUT2D eigenvalue weighted by atomic mass is 16.4. The zero-order valence-corrected chi connectivity index (χ0v) is 9.78. The molecular weight excluding hydrogens is 224 g/mol. The van der Waals surface area contributed by atoms with E-state index in [9.17, 15) is 14.4 Å². The quantitative estimate of drug-likeness (QED) is 0.347. The minimum atomic E-state index is -1.19. The molecule has 0 spiro atoms. The van der Waals surface area contributed by atoms with Crippen molar-refractivity contribution in [3.63, 3.8) is 0 Å². The van der Waals surface area contributed by atoms with Gasteiger partial charge < -0.3 is 10.2 Å². The molecule has 0 rings (SSSR count). The maximum Gasteiger partial charge on any atom is 0.342 e. The van der Waals surface area contributed by atoms with E-state index < -0.39 is 11.9 Å². The number of aliphatic carboxylic acids is 2. The Balaban J connectivity index is 3.38. The monoisotopic (exact) mass is 242 g/mol. The van der Waals surface area contributed by atoms with Crippen molar-refractivity contribution in [2.24, 2.45) is 0 Å². The van der Waals surface area contributed by atoms with Crippen LogP contribution in [0.5, 0.6) is 0 Å². The molecule has 0 atom stereocenters. The number of carbonyl (C=O) groups is 2. The lowest BCUT2D eigenvalue weighted by molar-refractivity contribution is -0.137. The third kappa shape index (κ3) is 9.33. The van der Waals surface area contributed by atoms with E-state index in [0.29, 0.717) is 12.8 Å². The lowest BCUT2D eigenvalue weighted by atomic mass is 10.1. The molecule has 0 radical (unpaired) electrons. The number of carbonyl (C=O) groups excluding carboxylic acids is 1. The van der Waals surface area contributed by atoms with Crippen LogP contribution in [-0.2, 0) is 14.4 Å². The van der Waals surface area contributed by atoms with Crippen molar-refractivity contribution in [2.75, 3.05) is 0 Å². The molecular formula is C12H18O5. The standard InChI is InChI=1S/C12H18O5/c13-9-10(12(16)17)7-5-3-1-2-4-6-8-11(14)15/h1-8H2,(H,14,15)(H,16,17). The fraction of sp³-hybridized carbons (Fsp3) is 0.667. The number of unbranched alkanes of at least 4 members (excludes halogenated alkanes) is 5. The zero-order chi connectivity index (χ0) is 13.1. The van der Waals surface area contributed by atoms with Crippen LogP contribution in [0.3, 0.4) is 0 Å². The molecule has 5 heteroatoms. The van der Waals surface area contributed by atoms with Crippen LogP contribution >= 0.6 is 0 Å². The number of hydrogen-bond donors (Lipinski definition) is 2. The number of carboxylic acid groups (broad SMARTS) is 2. The fourth-order valence-corrected chi connectivity index (χ4v) is 1.49. The molecule has 0 fully saturated rings. The molecule has 0 aromatic carbocycles. The summed E-state index contributed by atoms with van der Waals surface area (Å²) in [4.78, 5) is 30.9. The Labute approximate surface area is 100 Å². The highest BCUT2D eigenvalue weighted by molar-refractivity contribution is 5.95. The number of rotatable bonds is 10. The highest BCUT2D eigenvalue weighted by Gasteiger charge is 2.07. The second-order valence-electron chi connectivity index (χ2n) is 3.90. The van der Waals surface area contributed by atoms with Gasteiger partial charge in [-0.2, -0.15) is 0 Å². The summed E-state index contributed by atoms with van der Waals surface area (Å²) < 4.78 is 0. The molecule has 0 bridgehead atoms. The van der Waals surface area contributed by atoms with E-state index in [1.54, 1.807) is 0 Å². The van der Waals surface area contributed by atoms with E-state index in [1.165, 1.54) is 5.94 Å². The van der Waals surface area contributed by atoms with Gasteiger partial charge in [-0.15, -0.1) is 0 Å². The van der Waals surface area contributed by atoms with Crippen molar-refractivity contribution < 1.29 is 24.6 Å². The normalized spacial score (nSPS) is 9.65. The first-order valence-electron chi connectivity index (χ1n) is 5.77. The minimum Gasteiger partial charge on any atom is -0.481 e. The van der Waals surface area contributed by atoms with E-state index in [2.05, 4.69) is 0 Å². The average molecular weight is 242 g/mol. The molecule has 0 aliphatic carbocycles. The third-order valence-electron chi connectivity index (χ3n) is 2.45. The zero-order valence-electron chi connectivity index (χ0n) is 9.78. The first-order chi connectivity index (χ1) is 8.07. The molecule has 0 saturated heterocycles. The summed E-state index contributed by atoms with van der Waals surface area (Å²) in [5, 5.41) is 16.9. The summed E-state index contributed by atoms with van der Waals surface area (Å²) >= 11 is 0. The molecule has 0 saturated carbocycles. The largest absolute Gasteiger partial charge is 0.481 e. The van der Waals surface area contributed by atoms with Gasteiger partial charge in [-0.05, 0) is 19.3 Å².